The van der Waals surface area contributed by atoms with E-state index >= 15 is 0 Å². The SMILES string of the molecule is OCC(N=Cc1ccccc1Br)c1ccccc1. The van der Waals surface area contributed by atoms with E-state index in [0.717, 1.165) is 15.6 Å². The lowest BCUT2D eigenvalue weighted by Gasteiger charge is -2.09. The monoisotopic (exact) mass is 303 g/mol. The van der Waals surface area contributed by atoms with Gasteiger partial charge in [0.05, 0.1) is 12.6 Å². The number of hydrogen-bond donors (Lipinski definition) is 1. The molecule has 2 aromatic carbocycles. The minimum atomic E-state index is -0.210. The molecule has 0 aliphatic heterocycles. The van der Waals surface area contributed by atoms with Crippen LogP contribution in [0.2, 0.25) is 0 Å². The molecule has 2 aromatic rings. The van der Waals surface area contributed by atoms with Crippen LogP contribution in [0, 0.1) is 0 Å². The average molecular weight is 304 g/mol. The molecule has 0 fully saturated rings. The summed E-state index contributed by atoms with van der Waals surface area (Å²) in [4.78, 5) is 4.44. The van der Waals surface area contributed by atoms with Crippen LogP contribution < -0.4 is 0 Å². The fourth-order valence-electron chi connectivity index (χ4n) is 1.66. The summed E-state index contributed by atoms with van der Waals surface area (Å²) in [6.07, 6.45) is 1.79. The number of hydrogen-bond acceptors (Lipinski definition) is 2. The van der Waals surface area contributed by atoms with Gasteiger partial charge < -0.3 is 5.11 Å². The summed E-state index contributed by atoms with van der Waals surface area (Å²) >= 11 is 3.47. The van der Waals surface area contributed by atoms with Gasteiger partial charge in [-0.1, -0.05) is 64.5 Å². The lowest BCUT2D eigenvalue weighted by molar-refractivity contribution is 0.269. The smallest absolute Gasteiger partial charge is 0.0979 e. The Bertz CT molecular complexity index is 525. The van der Waals surface area contributed by atoms with Crippen LogP contribution >= 0.6 is 15.9 Å². The summed E-state index contributed by atoms with van der Waals surface area (Å²) in [5, 5.41) is 9.40. The van der Waals surface area contributed by atoms with E-state index in [1.165, 1.54) is 0 Å². The lowest BCUT2D eigenvalue weighted by Crippen LogP contribution is -2.01. The molecule has 0 bridgehead atoms. The molecule has 0 amide bonds. The van der Waals surface area contributed by atoms with Crippen LogP contribution in [0.25, 0.3) is 0 Å². The fourth-order valence-corrected chi connectivity index (χ4v) is 2.05. The van der Waals surface area contributed by atoms with Crippen LogP contribution in [0.5, 0.6) is 0 Å². The molecular weight excluding hydrogens is 290 g/mol. The minimum absolute atomic E-state index is 0.00493. The number of aliphatic hydroxyl groups excluding tert-OH is 1. The molecule has 0 spiro atoms. The zero-order valence-electron chi connectivity index (χ0n) is 9.83. The number of nitrogens with zero attached hydrogens (tertiary/aromatic N) is 1. The van der Waals surface area contributed by atoms with E-state index in [0.29, 0.717) is 0 Å². The van der Waals surface area contributed by atoms with E-state index < -0.39 is 0 Å². The van der Waals surface area contributed by atoms with Crippen LogP contribution in [0.3, 0.4) is 0 Å². The quantitative estimate of drug-likeness (QED) is 0.860. The Kier molecular flexibility index (Phi) is 4.67. The fraction of sp³-hybridized carbons (Fsp3) is 0.133. The van der Waals surface area contributed by atoms with Gasteiger partial charge in [0.15, 0.2) is 0 Å². The Morgan fingerprint density at radius 1 is 1.06 bits per heavy atom. The molecule has 0 aliphatic rings. The third-order valence-corrected chi connectivity index (χ3v) is 3.38. The number of benzene rings is 2. The van der Waals surface area contributed by atoms with E-state index in [9.17, 15) is 5.11 Å². The van der Waals surface area contributed by atoms with Gasteiger partial charge in [0.2, 0.25) is 0 Å². The number of rotatable bonds is 4. The van der Waals surface area contributed by atoms with Crippen molar-refractivity contribution < 1.29 is 5.11 Å². The van der Waals surface area contributed by atoms with Crippen LogP contribution in [0.15, 0.2) is 64.1 Å². The van der Waals surface area contributed by atoms with Crippen molar-refractivity contribution in [2.75, 3.05) is 6.61 Å². The van der Waals surface area contributed by atoms with Gasteiger partial charge in [-0.2, -0.15) is 0 Å². The zero-order valence-corrected chi connectivity index (χ0v) is 11.4. The molecule has 1 unspecified atom stereocenters. The molecule has 1 atom stereocenters. The van der Waals surface area contributed by atoms with Crippen molar-refractivity contribution >= 4 is 22.1 Å². The van der Waals surface area contributed by atoms with Gasteiger partial charge in [0.1, 0.15) is 0 Å². The van der Waals surface area contributed by atoms with Crippen LogP contribution in [0.1, 0.15) is 17.2 Å². The molecule has 0 aliphatic carbocycles. The van der Waals surface area contributed by atoms with Crippen molar-refractivity contribution in [3.63, 3.8) is 0 Å². The van der Waals surface area contributed by atoms with Crippen molar-refractivity contribution in [2.45, 2.75) is 6.04 Å². The molecule has 0 heterocycles. The predicted molar refractivity (Wildman–Crippen MR) is 78.0 cm³/mol. The second-order valence-corrected chi connectivity index (χ2v) is 4.76. The number of aliphatic hydroxyl groups is 1. The summed E-state index contributed by atoms with van der Waals surface area (Å²) in [6, 6.07) is 17.5. The summed E-state index contributed by atoms with van der Waals surface area (Å²) in [7, 11) is 0. The average Bonchev–Trinajstić information content (AvgIpc) is 2.42. The first-order valence-corrected chi connectivity index (χ1v) is 6.54. The van der Waals surface area contributed by atoms with Gasteiger partial charge in [-0.3, -0.25) is 4.99 Å². The lowest BCUT2D eigenvalue weighted by atomic mass is 10.1. The van der Waals surface area contributed by atoms with E-state index in [1.807, 2.05) is 54.6 Å². The standard InChI is InChI=1S/C15H14BrNO/c16-14-9-5-4-8-13(14)10-17-15(11-18)12-6-2-1-3-7-12/h1-10,15,18H,11H2. The molecule has 92 valence electrons. The van der Waals surface area contributed by atoms with E-state index in [2.05, 4.69) is 20.9 Å². The van der Waals surface area contributed by atoms with Gasteiger partial charge in [0, 0.05) is 16.3 Å². The summed E-state index contributed by atoms with van der Waals surface area (Å²) < 4.78 is 0.999. The third-order valence-electron chi connectivity index (χ3n) is 2.66. The van der Waals surface area contributed by atoms with E-state index in [1.54, 1.807) is 6.21 Å². The Balaban J connectivity index is 2.19. The third kappa shape index (κ3) is 3.28. The molecule has 0 radical (unpaired) electrons. The van der Waals surface area contributed by atoms with E-state index in [4.69, 9.17) is 0 Å². The highest BCUT2D eigenvalue weighted by molar-refractivity contribution is 9.10. The Labute approximate surface area is 115 Å². The molecule has 3 heteroatoms. The first-order valence-electron chi connectivity index (χ1n) is 5.75. The highest BCUT2D eigenvalue weighted by atomic mass is 79.9. The topological polar surface area (TPSA) is 32.6 Å². The Morgan fingerprint density at radius 3 is 2.39 bits per heavy atom. The highest BCUT2D eigenvalue weighted by Gasteiger charge is 2.06. The van der Waals surface area contributed by atoms with Gasteiger partial charge in [-0.05, 0) is 11.6 Å². The number of aliphatic imine (C=N–C) groups is 1. The maximum absolute atomic E-state index is 9.40. The Morgan fingerprint density at radius 2 is 1.72 bits per heavy atom. The van der Waals surface area contributed by atoms with Crippen LogP contribution in [-0.4, -0.2) is 17.9 Å². The molecule has 0 saturated heterocycles. The first kappa shape index (κ1) is 13.0. The van der Waals surface area contributed by atoms with Crippen molar-refractivity contribution in [1.29, 1.82) is 0 Å². The predicted octanol–water partition coefficient (Wildman–Crippen LogP) is 3.60. The molecular formula is C15H14BrNO. The second-order valence-electron chi connectivity index (χ2n) is 3.91. The minimum Gasteiger partial charge on any atom is -0.394 e. The van der Waals surface area contributed by atoms with Crippen molar-refractivity contribution in [2.24, 2.45) is 4.99 Å². The van der Waals surface area contributed by atoms with Gasteiger partial charge in [-0.15, -0.1) is 0 Å². The summed E-state index contributed by atoms with van der Waals surface area (Å²) in [6.45, 7) is 0.00493. The maximum atomic E-state index is 9.40. The molecule has 0 aromatic heterocycles. The normalized spacial score (nSPS) is 12.8. The van der Waals surface area contributed by atoms with Gasteiger partial charge in [0.25, 0.3) is 0 Å². The van der Waals surface area contributed by atoms with Crippen molar-refractivity contribution in [3.05, 3.63) is 70.2 Å². The molecule has 1 N–H and O–H groups in total. The Hall–Kier alpha value is -1.45. The highest BCUT2D eigenvalue weighted by Crippen LogP contribution is 2.18. The summed E-state index contributed by atoms with van der Waals surface area (Å²) in [5.74, 6) is 0. The first-order chi connectivity index (χ1) is 8.81. The molecule has 0 saturated carbocycles. The van der Waals surface area contributed by atoms with Crippen LogP contribution in [-0.2, 0) is 0 Å². The van der Waals surface area contributed by atoms with Crippen LogP contribution in [0.4, 0.5) is 0 Å². The van der Waals surface area contributed by atoms with Gasteiger partial charge in [-0.25, -0.2) is 0 Å². The maximum Gasteiger partial charge on any atom is 0.0979 e. The van der Waals surface area contributed by atoms with E-state index in [-0.39, 0.29) is 12.6 Å². The van der Waals surface area contributed by atoms with Crippen molar-refractivity contribution in [1.82, 2.24) is 0 Å². The summed E-state index contributed by atoms with van der Waals surface area (Å²) in [5.41, 5.74) is 2.02. The second kappa shape index (κ2) is 6.47. The molecule has 18 heavy (non-hydrogen) atoms. The van der Waals surface area contributed by atoms with Gasteiger partial charge >= 0.3 is 0 Å². The zero-order chi connectivity index (χ0) is 12.8. The van der Waals surface area contributed by atoms with Crippen molar-refractivity contribution in [3.8, 4) is 0 Å². The molecule has 2 rings (SSSR count). The molecule has 2 nitrogen and oxygen atoms in total. The largest absolute Gasteiger partial charge is 0.394 e. The number of halogens is 1.